The molecule has 1 atom stereocenters. The number of halogens is 3. The summed E-state index contributed by atoms with van der Waals surface area (Å²) in [6, 6.07) is 5.55. The fraction of sp³-hybridized carbons (Fsp3) is 0.278. The number of rotatable bonds is 8. The Morgan fingerprint density at radius 1 is 1.17 bits per heavy atom. The normalized spacial score (nSPS) is 12.3. The molecule has 3 N–H and O–H groups in total. The summed E-state index contributed by atoms with van der Waals surface area (Å²) in [5, 5.41) is 22.0. The van der Waals surface area contributed by atoms with Gasteiger partial charge in [0.1, 0.15) is 12.6 Å². The highest BCUT2D eigenvalue weighted by atomic mass is 32.1. The first kappa shape index (κ1) is 22.4. The Kier molecular flexibility index (Phi) is 7.35. The number of hydrogen-bond acceptors (Lipinski definition) is 5. The van der Waals surface area contributed by atoms with Crippen LogP contribution in [0.2, 0.25) is 0 Å². The number of hydrogen-bond donors (Lipinski definition) is 3. The molecule has 0 bridgehead atoms. The van der Waals surface area contributed by atoms with Gasteiger partial charge in [0.2, 0.25) is 5.91 Å². The molecule has 156 valence electrons. The summed E-state index contributed by atoms with van der Waals surface area (Å²) in [4.78, 5) is 36.9. The maximum atomic E-state index is 13.1. The number of anilines is 1. The van der Waals surface area contributed by atoms with Gasteiger partial charge in [0, 0.05) is 17.1 Å². The van der Waals surface area contributed by atoms with Gasteiger partial charge in [0.25, 0.3) is 5.91 Å². The highest BCUT2D eigenvalue weighted by Crippen LogP contribution is 2.35. The SMILES string of the molecule is O=C(O)CCNC(=O)C(c1cccs1)N(C(=O)CO)c1cccc(C(F)(F)F)c1. The average Bonchev–Trinajstić information content (AvgIpc) is 3.18. The number of carboxylic acid groups (broad SMARTS) is 1. The number of aliphatic hydroxyl groups excluding tert-OH is 1. The average molecular weight is 430 g/mol. The molecular formula is C18H17F3N2O5S. The molecule has 11 heteroatoms. The lowest BCUT2D eigenvalue weighted by molar-refractivity contribution is -0.138. The van der Waals surface area contributed by atoms with Crippen LogP contribution >= 0.6 is 11.3 Å². The summed E-state index contributed by atoms with van der Waals surface area (Å²) in [7, 11) is 0. The number of nitrogens with one attached hydrogen (secondary N) is 1. The van der Waals surface area contributed by atoms with Gasteiger partial charge >= 0.3 is 12.1 Å². The van der Waals surface area contributed by atoms with Crippen LogP contribution in [0.25, 0.3) is 0 Å². The number of aliphatic carboxylic acids is 1. The summed E-state index contributed by atoms with van der Waals surface area (Å²) in [5.41, 5.74) is -1.26. The third-order valence-corrected chi connectivity index (χ3v) is 4.74. The van der Waals surface area contributed by atoms with Crippen molar-refractivity contribution < 1.29 is 37.8 Å². The van der Waals surface area contributed by atoms with Crippen LogP contribution in [-0.2, 0) is 20.6 Å². The Hall–Kier alpha value is -2.92. The number of nitrogens with zero attached hydrogens (tertiary/aromatic N) is 1. The fourth-order valence-corrected chi connectivity index (χ4v) is 3.37. The maximum Gasteiger partial charge on any atom is 0.416 e. The van der Waals surface area contributed by atoms with Gasteiger partial charge in [-0.2, -0.15) is 13.2 Å². The van der Waals surface area contributed by atoms with Gasteiger partial charge in [-0.25, -0.2) is 0 Å². The van der Waals surface area contributed by atoms with E-state index in [0.29, 0.717) is 10.9 Å². The summed E-state index contributed by atoms with van der Waals surface area (Å²) < 4.78 is 39.3. The minimum Gasteiger partial charge on any atom is -0.481 e. The molecule has 0 spiro atoms. The summed E-state index contributed by atoms with van der Waals surface area (Å²) in [6.45, 7) is -1.28. The number of aliphatic hydroxyl groups is 1. The molecule has 1 heterocycles. The monoisotopic (exact) mass is 430 g/mol. The van der Waals surface area contributed by atoms with Crippen molar-refractivity contribution in [2.45, 2.75) is 18.6 Å². The van der Waals surface area contributed by atoms with Crippen molar-refractivity contribution in [3.8, 4) is 0 Å². The van der Waals surface area contributed by atoms with Gasteiger partial charge in [-0.15, -0.1) is 11.3 Å². The molecule has 0 saturated heterocycles. The van der Waals surface area contributed by atoms with Gasteiger partial charge in [-0.1, -0.05) is 12.1 Å². The van der Waals surface area contributed by atoms with E-state index in [4.69, 9.17) is 5.11 Å². The molecule has 0 aliphatic heterocycles. The molecule has 2 rings (SSSR count). The Morgan fingerprint density at radius 2 is 1.90 bits per heavy atom. The Balaban J connectivity index is 2.49. The molecule has 2 amide bonds. The van der Waals surface area contributed by atoms with Crippen LogP contribution in [0.15, 0.2) is 41.8 Å². The predicted molar refractivity (Wildman–Crippen MR) is 98.3 cm³/mol. The lowest BCUT2D eigenvalue weighted by atomic mass is 10.1. The second kappa shape index (κ2) is 9.52. The first-order valence-electron chi connectivity index (χ1n) is 8.28. The molecule has 2 aromatic rings. The third kappa shape index (κ3) is 5.78. The predicted octanol–water partition coefficient (Wildman–Crippen LogP) is 2.42. The number of benzene rings is 1. The van der Waals surface area contributed by atoms with Crippen LogP contribution in [-0.4, -0.2) is 41.1 Å². The van der Waals surface area contributed by atoms with Gasteiger partial charge in [0.05, 0.1) is 12.0 Å². The Morgan fingerprint density at radius 3 is 2.45 bits per heavy atom. The van der Waals surface area contributed by atoms with Crippen LogP contribution < -0.4 is 10.2 Å². The quantitative estimate of drug-likeness (QED) is 0.596. The van der Waals surface area contributed by atoms with Crippen molar-refractivity contribution in [2.75, 3.05) is 18.1 Å². The van der Waals surface area contributed by atoms with Crippen molar-refractivity contribution in [1.82, 2.24) is 5.32 Å². The second-order valence-electron chi connectivity index (χ2n) is 5.82. The summed E-state index contributed by atoms with van der Waals surface area (Å²) >= 11 is 1.08. The van der Waals surface area contributed by atoms with E-state index in [1.165, 1.54) is 12.1 Å². The summed E-state index contributed by atoms with van der Waals surface area (Å²) in [5.74, 6) is -2.93. The van der Waals surface area contributed by atoms with E-state index in [2.05, 4.69) is 5.32 Å². The molecule has 0 fully saturated rings. The highest BCUT2D eigenvalue weighted by Gasteiger charge is 2.35. The molecule has 1 aromatic heterocycles. The van der Waals surface area contributed by atoms with E-state index in [9.17, 15) is 32.7 Å². The fourth-order valence-electron chi connectivity index (χ4n) is 2.56. The standard InChI is InChI=1S/C18H17F3N2O5S/c19-18(20,21)11-3-1-4-12(9-11)23(14(25)10-24)16(13-5-2-8-29-13)17(28)22-7-6-15(26)27/h1-5,8-9,16,24H,6-7,10H2,(H,22,28)(H,26,27). The smallest absolute Gasteiger partial charge is 0.416 e. The highest BCUT2D eigenvalue weighted by molar-refractivity contribution is 7.10. The molecule has 1 aromatic carbocycles. The minimum atomic E-state index is -4.67. The van der Waals surface area contributed by atoms with Gasteiger partial charge in [-0.3, -0.25) is 19.3 Å². The zero-order valence-electron chi connectivity index (χ0n) is 14.8. The van der Waals surface area contributed by atoms with Crippen molar-refractivity contribution in [1.29, 1.82) is 0 Å². The molecule has 0 aliphatic carbocycles. The number of carbonyl (C=O) groups excluding carboxylic acids is 2. The molecule has 7 nitrogen and oxygen atoms in total. The molecule has 0 saturated carbocycles. The van der Waals surface area contributed by atoms with E-state index in [-0.39, 0.29) is 18.7 Å². The zero-order chi connectivity index (χ0) is 21.6. The first-order valence-corrected chi connectivity index (χ1v) is 9.16. The van der Waals surface area contributed by atoms with Gasteiger partial charge in [0.15, 0.2) is 0 Å². The van der Waals surface area contributed by atoms with Crippen LogP contribution in [0, 0.1) is 0 Å². The van der Waals surface area contributed by atoms with Crippen LogP contribution in [0.5, 0.6) is 0 Å². The van der Waals surface area contributed by atoms with Crippen molar-refractivity contribution >= 4 is 34.8 Å². The number of carboxylic acids is 1. The van der Waals surface area contributed by atoms with E-state index in [1.807, 2.05) is 0 Å². The van der Waals surface area contributed by atoms with E-state index < -0.39 is 42.2 Å². The lowest BCUT2D eigenvalue weighted by Crippen LogP contribution is -2.45. The maximum absolute atomic E-state index is 13.1. The summed E-state index contributed by atoms with van der Waals surface area (Å²) in [6.07, 6.45) is -5.05. The van der Waals surface area contributed by atoms with Crippen LogP contribution in [0.4, 0.5) is 18.9 Å². The van der Waals surface area contributed by atoms with Crippen LogP contribution in [0.3, 0.4) is 0 Å². The molecule has 0 aliphatic rings. The first-order chi connectivity index (χ1) is 13.6. The molecule has 0 radical (unpaired) electrons. The Bertz CT molecular complexity index is 871. The molecule has 1 unspecified atom stereocenters. The molecular weight excluding hydrogens is 413 g/mol. The number of alkyl halides is 3. The van der Waals surface area contributed by atoms with Crippen molar-refractivity contribution in [3.63, 3.8) is 0 Å². The number of thiophene rings is 1. The van der Waals surface area contributed by atoms with E-state index in [0.717, 1.165) is 28.4 Å². The Labute approximate surface area is 167 Å². The van der Waals surface area contributed by atoms with Crippen LogP contribution in [0.1, 0.15) is 22.9 Å². The lowest BCUT2D eigenvalue weighted by Gasteiger charge is -2.30. The topological polar surface area (TPSA) is 107 Å². The zero-order valence-corrected chi connectivity index (χ0v) is 15.7. The van der Waals surface area contributed by atoms with Crippen molar-refractivity contribution in [3.05, 3.63) is 52.2 Å². The van der Waals surface area contributed by atoms with Gasteiger partial charge in [-0.05, 0) is 29.6 Å². The molecule has 29 heavy (non-hydrogen) atoms. The van der Waals surface area contributed by atoms with Gasteiger partial charge < -0.3 is 15.5 Å². The largest absolute Gasteiger partial charge is 0.481 e. The number of amides is 2. The second-order valence-corrected chi connectivity index (χ2v) is 6.80. The van der Waals surface area contributed by atoms with E-state index in [1.54, 1.807) is 11.4 Å². The third-order valence-electron chi connectivity index (χ3n) is 3.81. The van der Waals surface area contributed by atoms with Crippen molar-refractivity contribution in [2.24, 2.45) is 0 Å². The van der Waals surface area contributed by atoms with E-state index >= 15 is 0 Å². The minimum absolute atomic E-state index is 0.231. The number of carbonyl (C=O) groups is 3.